The number of anilines is 2. The minimum Gasteiger partial charge on any atom is -0.383 e. The fourth-order valence-corrected chi connectivity index (χ4v) is 5.26. The van der Waals surface area contributed by atoms with Gasteiger partial charge in [-0.15, -0.1) is 0 Å². The zero-order chi connectivity index (χ0) is 25.5. The van der Waals surface area contributed by atoms with Crippen molar-refractivity contribution >= 4 is 23.1 Å². The molecule has 198 valence electrons. The van der Waals surface area contributed by atoms with Gasteiger partial charge in [0.15, 0.2) is 0 Å². The molecule has 0 bridgehead atoms. The highest BCUT2D eigenvalue weighted by Crippen LogP contribution is 2.33. The molecule has 0 unspecified atom stereocenters. The first-order chi connectivity index (χ1) is 17.3. The number of halogens is 3. The van der Waals surface area contributed by atoms with Crippen LogP contribution in [0.1, 0.15) is 45.4 Å². The summed E-state index contributed by atoms with van der Waals surface area (Å²) in [5, 5.41) is 10.6. The molecule has 6 nitrogen and oxygen atoms in total. The molecule has 36 heavy (non-hydrogen) atoms. The Morgan fingerprint density at radius 3 is 2.61 bits per heavy atom. The maximum absolute atomic E-state index is 15.0. The molecule has 4 rings (SSSR count). The van der Waals surface area contributed by atoms with Crippen molar-refractivity contribution in [1.82, 2.24) is 10.3 Å². The molecule has 3 N–H and O–H groups in total. The van der Waals surface area contributed by atoms with E-state index in [1.165, 1.54) is 6.07 Å². The van der Waals surface area contributed by atoms with E-state index in [1.54, 1.807) is 25.4 Å². The van der Waals surface area contributed by atoms with Gasteiger partial charge in [-0.25, -0.2) is 13.8 Å². The summed E-state index contributed by atoms with van der Waals surface area (Å²) in [6.45, 7) is 3.65. The zero-order valence-electron chi connectivity index (χ0n) is 21.1. The van der Waals surface area contributed by atoms with Gasteiger partial charge in [0.1, 0.15) is 17.3 Å². The summed E-state index contributed by atoms with van der Waals surface area (Å²) in [5.74, 6) is 0.311. The lowest BCUT2D eigenvalue weighted by molar-refractivity contribution is -0.00117. The number of methoxy groups -OCH3 is 1. The predicted octanol–water partition coefficient (Wildman–Crippen LogP) is 5.82. The molecule has 1 aromatic carbocycles. The lowest BCUT2D eigenvalue weighted by Crippen LogP contribution is -2.42. The minimum atomic E-state index is -1.40. The highest BCUT2D eigenvalue weighted by molar-refractivity contribution is 6.33. The van der Waals surface area contributed by atoms with Crippen LogP contribution in [0.3, 0.4) is 0 Å². The third-order valence-corrected chi connectivity index (χ3v) is 7.43. The molecule has 1 atom stereocenters. The van der Waals surface area contributed by atoms with Crippen LogP contribution in [0, 0.1) is 5.82 Å². The monoisotopic (exact) mass is 522 g/mol. The molecule has 9 heteroatoms. The molecule has 2 aliphatic rings. The topological polar surface area (TPSA) is 67.4 Å². The molecular formula is C27H37ClF2N4O2. The van der Waals surface area contributed by atoms with Crippen LogP contribution in [0.5, 0.6) is 0 Å². The van der Waals surface area contributed by atoms with E-state index in [0.29, 0.717) is 55.8 Å². The van der Waals surface area contributed by atoms with E-state index in [4.69, 9.17) is 21.1 Å². The van der Waals surface area contributed by atoms with Gasteiger partial charge in [0.2, 0.25) is 0 Å². The number of aromatic nitrogens is 1. The van der Waals surface area contributed by atoms with Crippen LogP contribution in [-0.2, 0) is 9.47 Å². The Labute approximate surface area is 217 Å². The number of rotatable bonds is 10. The molecular weight excluding hydrogens is 486 g/mol. The van der Waals surface area contributed by atoms with Crippen molar-refractivity contribution in [3.05, 3.63) is 41.3 Å². The normalized spacial score (nSPS) is 22.7. The van der Waals surface area contributed by atoms with Gasteiger partial charge in [0.05, 0.1) is 17.3 Å². The third kappa shape index (κ3) is 7.28. The Morgan fingerprint density at radius 2 is 1.89 bits per heavy atom. The van der Waals surface area contributed by atoms with E-state index in [2.05, 4.69) is 27.9 Å². The number of pyridine rings is 1. The lowest BCUT2D eigenvalue weighted by atomic mass is 9.90. The number of nitrogens with zero attached hydrogens (tertiary/aromatic N) is 1. The smallest absolute Gasteiger partial charge is 0.146 e. The number of hydrogen-bond donors (Lipinski definition) is 3. The summed E-state index contributed by atoms with van der Waals surface area (Å²) in [4.78, 5) is 4.47. The molecule has 1 aromatic heterocycles. The molecule has 0 amide bonds. The van der Waals surface area contributed by atoms with Gasteiger partial charge in [-0.1, -0.05) is 17.7 Å². The number of hydrogen-bond acceptors (Lipinski definition) is 6. The fourth-order valence-electron chi connectivity index (χ4n) is 5.05. The van der Waals surface area contributed by atoms with Gasteiger partial charge < -0.3 is 25.4 Å². The van der Waals surface area contributed by atoms with Crippen molar-refractivity contribution in [2.45, 2.75) is 69.2 Å². The molecule has 1 aliphatic heterocycles. The molecule has 2 fully saturated rings. The van der Waals surface area contributed by atoms with Crippen molar-refractivity contribution in [3.63, 3.8) is 0 Å². The fraction of sp³-hybridized carbons (Fsp3) is 0.593. The first-order valence-corrected chi connectivity index (χ1v) is 13.2. The van der Waals surface area contributed by atoms with Crippen molar-refractivity contribution < 1.29 is 18.3 Å². The lowest BCUT2D eigenvalue weighted by Gasteiger charge is -2.32. The van der Waals surface area contributed by atoms with Crippen LogP contribution >= 0.6 is 11.6 Å². The largest absolute Gasteiger partial charge is 0.383 e. The first kappa shape index (κ1) is 27.0. The van der Waals surface area contributed by atoms with E-state index >= 15 is 0 Å². The van der Waals surface area contributed by atoms with E-state index in [-0.39, 0.29) is 12.2 Å². The Kier molecular flexibility index (Phi) is 9.39. The third-order valence-electron chi connectivity index (χ3n) is 7.13. The van der Waals surface area contributed by atoms with Gasteiger partial charge in [-0.05, 0) is 56.4 Å². The number of nitrogens with one attached hydrogen (secondary N) is 3. The molecule has 1 saturated heterocycles. The standard InChI is InChI=1S/C27H37ClF2N4O2/c1-18(16-35-2)33-20-4-6-21(7-5-20)34-26-14-22(23(28)15-31-26)19-3-8-24(29)25(13-19)32-17-27(30)9-11-36-12-10-27/h3,8,13-15,18,20-21,32-33H,4-7,9-12,16-17H2,1-2H3,(H,31,34)/t18-,20-,21-/m1/s1. The second kappa shape index (κ2) is 12.5. The first-order valence-electron chi connectivity index (χ1n) is 12.8. The quantitative estimate of drug-likeness (QED) is 0.365. The highest BCUT2D eigenvalue weighted by atomic mass is 35.5. The Balaban J connectivity index is 1.39. The van der Waals surface area contributed by atoms with E-state index in [9.17, 15) is 8.78 Å². The van der Waals surface area contributed by atoms with Crippen molar-refractivity contribution in [1.29, 1.82) is 0 Å². The maximum atomic E-state index is 15.0. The molecule has 2 heterocycles. The van der Waals surface area contributed by atoms with Crippen molar-refractivity contribution in [2.75, 3.05) is 44.1 Å². The molecule has 0 spiro atoms. The van der Waals surface area contributed by atoms with E-state index < -0.39 is 11.5 Å². The van der Waals surface area contributed by atoms with Crippen LogP contribution in [0.15, 0.2) is 30.5 Å². The van der Waals surface area contributed by atoms with Crippen LogP contribution in [0.25, 0.3) is 11.1 Å². The second-order valence-corrected chi connectivity index (χ2v) is 10.5. The van der Waals surface area contributed by atoms with Crippen molar-refractivity contribution in [2.24, 2.45) is 0 Å². The average molecular weight is 523 g/mol. The maximum Gasteiger partial charge on any atom is 0.146 e. The van der Waals surface area contributed by atoms with Crippen LogP contribution in [0.4, 0.5) is 20.3 Å². The Hall–Kier alpha value is -2.00. The van der Waals surface area contributed by atoms with E-state index in [0.717, 1.165) is 42.6 Å². The average Bonchev–Trinajstić information content (AvgIpc) is 2.87. The van der Waals surface area contributed by atoms with Gasteiger partial charge in [-0.3, -0.25) is 0 Å². The molecule has 1 saturated carbocycles. The summed E-state index contributed by atoms with van der Waals surface area (Å²) in [6.07, 6.45) is 6.47. The Bertz CT molecular complexity index is 998. The van der Waals surface area contributed by atoms with Crippen LogP contribution in [-0.4, -0.2) is 62.3 Å². The van der Waals surface area contributed by atoms with Gasteiger partial charge in [-0.2, -0.15) is 0 Å². The summed E-state index contributed by atoms with van der Waals surface area (Å²) in [6, 6.07) is 7.82. The molecule has 1 aliphatic carbocycles. The Morgan fingerprint density at radius 1 is 1.17 bits per heavy atom. The number of benzene rings is 1. The minimum absolute atomic E-state index is 0.0371. The summed E-state index contributed by atoms with van der Waals surface area (Å²) < 4.78 is 40.0. The molecule has 2 aromatic rings. The summed E-state index contributed by atoms with van der Waals surface area (Å²) in [5.41, 5.74) is 0.353. The van der Waals surface area contributed by atoms with Gasteiger partial charge in [0.25, 0.3) is 0 Å². The highest BCUT2D eigenvalue weighted by Gasteiger charge is 2.32. The van der Waals surface area contributed by atoms with Gasteiger partial charge >= 0.3 is 0 Å². The predicted molar refractivity (Wildman–Crippen MR) is 141 cm³/mol. The number of alkyl halides is 1. The summed E-state index contributed by atoms with van der Waals surface area (Å²) >= 11 is 6.48. The van der Waals surface area contributed by atoms with Crippen LogP contribution in [0.2, 0.25) is 5.02 Å². The summed E-state index contributed by atoms with van der Waals surface area (Å²) in [7, 11) is 1.72. The zero-order valence-corrected chi connectivity index (χ0v) is 21.8. The van der Waals surface area contributed by atoms with Crippen molar-refractivity contribution in [3.8, 4) is 11.1 Å². The van der Waals surface area contributed by atoms with Crippen LogP contribution < -0.4 is 16.0 Å². The second-order valence-electron chi connectivity index (χ2n) is 10.1. The number of ether oxygens (including phenoxy) is 2. The van der Waals surface area contributed by atoms with E-state index in [1.807, 2.05) is 6.07 Å². The van der Waals surface area contributed by atoms with Gasteiger partial charge in [0, 0.05) is 69.6 Å². The molecule has 0 radical (unpaired) electrons. The SMILES string of the molecule is COC[C@@H](C)N[C@H]1CC[C@H](Nc2cc(-c3ccc(F)c(NCC4(F)CCOCC4)c3)c(Cl)cn2)CC1.